The summed E-state index contributed by atoms with van der Waals surface area (Å²) in [5.41, 5.74) is 0. The molecule has 0 N–H and O–H groups in total. The summed E-state index contributed by atoms with van der Waals surface area (Å²) in [6.45, 7) is 3.34. The van der Waals surface area contributed by atoms with E-state index in [2.05, 4.69) is 9.73 Å². The van der Waals surface area contributed by atoms with Gasteiger partial charge in [0.1, 0.15) is 0 Å². The first kappa shape index (κ1) is 8.04. The van der Waals surface area contributed by atoms with Crippen LogP contribution in [0.1, 0.15) is 13.3 Å². The van der Waals surface area contributed by atoms with Crippen LogP contribution in [0.4, 0.5) is 0 Å². The van der Waals surface area contributed by atoms with Crippen LogP contribution in [0.25, 0.3) is 0 Å². The van der Waals surface area contributed by atoms with Crippen molar-refractivity contribution in [2.45, 2.75) is 13.3 Å². The van der Waals surface area contributed by atoms with E-state index < -0.39 is 5.97 Å². The molecule has 0 aromatic heterocycles. The summed E-state index contributed by atoms with van der Waals surface area (Å²) in [5, 5.41) is 0. The highest BCUT2D eigenvalue weighted by Gasteiger charge is 2.16. The number of hydrogen-bond donors (Lipinski definition) is 0. The van der Waals surface area contributed by atoms with E-state index in [4.69, 9.17) is 4.74 Å². The molecule has 1 aliphatic heterocycles. The van der Waals surface area contributed by atoms with Crippen LogP contribution < -0.4 is 0 Å². The fraction of sp³-hybridized carbons (Fsp3) is 0.714. The summed E-state index contributed by atoms with van der Waals surface area (Å²) in [7, 11) is 0. The lowest BCUT2D eigenvalue weighted by Gasteiger charge is -2.11. The molecular weight excluding hydrogens is 146 g/mol. The number of esters is 1. The molecule has 0 atom stereocenters. The molecule has 0 amide bonds. The van der Waals surface area contributed by atoms with Crippen LogP contribution in [0, 0.1) is 0 Å². The summed E-state index contributed by atoms with van der Waals surface area (Å²) < 4.78 is 9.65. The minimum absolute atomic E-state index is 0.123. The lowest BCUT2D eigenvalue weighted by atomic mass is 10.4. The van der Waals surface area contributed by atoms with Gasteiger partial charge in [0.25, 0.3) is 5.90 Å². The zero-order chi connectivity index (χ0) is 8.10. The predicted octanol–water partition coefficient (Wildman–Crippen LogP) is 0.368. The number of nitrogens with zero attached hydrogens (tertiary/aromatic N) is 1. The van der Waals surface area contributed by atoms with Crippen molar-refractivity contribution >= 4 is 11.9 Å². The quantitative estimate of drug-likeness (QED) is 0.544. The summed E-state index contributed by atoms with van der Waals surface area (Å²) in [4.78, 5) is 14.8. The number of rotatable bonds is 2. The Hall–Kier alpha value is -1.06. The third-order valence-corrected chi connectivity index (χ3v) is 1.25. The SMILES string of the molecule is CCOC(=O)C1=NCCCO1. The van der Waals surface area contributed by atoms with Crippen LogP contribution in [0.2, 0.25) is 0 Å². The summed E-state index contributed by atoms with van der Waals surface area (Å²) in [6.07, 6.45) is 0.878. The van der Waals surface area contributed by atoms with Gasteiger partial charge in [-0.3, -0.25) is 0 Å². The Kier molecular flexibility index (Phi) is 2.89. The number of aliphatic imine (C=N–C) groups is 1. The third kappa shape index (κ3) is 2.22. The molecular formula is C7H11NO3. The van der Waals surface area contributed by atoms with Gasteiger partial charge in [-0.25, -0.2) is 9.79 Å². The van der Waals surface area contributed by atoms with Crippen molar-refractivity contribution in [3.8, 4) is 0 Å². The first-order valence-corrected chi connectivity index (χ1v) is 3.69. The maximum absolute atomic E-state index is 10.9. The van der Waals surface area contributed by atoms with E-state index >= 15 is 0 Å². The van der Waals surface area contributed by atoms with Gasteiger partial charge in [0.2, 0.25) is 0 Å². The van der Waals surface area contributed by atoms with Crippen LogP contribution in [0.3, 0.4) is 0 Å². The molecule has 0 unspecified atom stereocenters. The highest BCUT2D eigenvalue weighted by molar-refractivity contribution is 6.32. The molecule has 4 heteroatoms. The first-order valence-electron chi connectivity index (χ1n) is 3.69. The maximum Gasteiger partial charge on any atom is 0.393 e. The molecule has 0 aliphatic carbocycles. The standard InChI is InChI=1S/C7H11NO3/c1-2-10-7(9)6-8-4-3-5-11-6/h2-5H2,1H3. The molecule has 0 spiro atoms. The highest BCUT2D eigenvalue weighted by Crippen LogP contribution is 1.98. The van der Waals surface area contributed by atoms with Crippen molar-refractivity contribution in [3.05, 3.63) is 0 Å². The van der Waals surface area contributed by atoms with Crippen molar-refractivity contribution in [2.24, 2.45) is 4.99 Å². The number of ether oxygens (including phenoxy) is 2. The largest absolute Gasteiger partial charge is 0.473 e. The van der Waals surface area contributed by atoms with E-state index in [1.165, 1.54) is 0 Å². The van der Waals surface area contributed by atoms with Crippen LogP contribution in [-0.2, 0) is 14.3 Å². The molecule has 0 fully saturated rings. The number of hydrogen-bond acceptors (Lipinski definition) is 4. The maximum atomic E-state index is 10.9. The second kappa shape index (κ2) is 3.95. The molecule has 1 heterocycles. The predicted molar refractivity (Wildman–Crippen MR) is 39.5 cm³/mol. The third-order valence-electron chi connectivity index (χ3n) is 1.25. The monoisotopic (exact) mass is 157 g/mol. The van der Waals surface area contributed by atoms with Crippen molar-refractivity contribution in [1.29, 1.82) is 0 Å². The topological polar surface area (TPSA) is 47.9 Å². The average Bonchev–Trinajstić information content (AvgIpc) is 2.07. The van der Waals surface area contributed by atoms with Gasteiger partial charge in [-0.1, -0.05) is 0 Å². The smallest absolute Gasteiger partial charge is 0.393 e. The van der Waals surface area contributed by atoms with Crippen LogP contribution in [0.5, 0.6) is 0 Å². The molecule has 62 valence electrons. The van der Waals surface area contributed by atoms with Crippen LogP contribution in [0.15, 0.2) is 4.99 Å². The number of carbonyl (C=O) groups is 1. The Labute approximate surface area is 65.2 Å². The van der Waals surface area contributed by atoms with E-state index in [1.807, 2.05) is 0 Å². The average molecular weight is 157 g/mol. The highest BCUT2D eigenvalue weighted by atomic mass is 16.6. The fourth-order valence-electron chi connectivity index (χ4n) is 0.776. The van der Waals surface area contributed by atoms with Gasteiger partial charge < -0.3 is 9.47 Å². The zero-order valence-electron chi connectivity index (χ0n) is 6.50. The van der Waals surface area contributed by atoms with E-state index in [0.29, 0.717) is 19.8 Å². The second-order valence-electron chi connectivity index (χ2n) is 2.11. The van der Waals surface area contributed by atoms with E-state index in [-0.39, 0.29) is 5.90 Å². The molecule has 1 rings (SSSR count). The van der Waals surface area contributed by atoms with Crippen molar-refractivity contribution in [2.75, 3.05) is 19.8 Å². The Morgan fingerprint density at radius 2 is 2.64 bits per heavy atom. The van der Waals surface area contributed by atoms with Gasteiger partial charge in [-0.05, 0) is 6.92 Å². The van der Waals surface area contributed by atoms with Gasteiger partial charge in [-0.15, -0.1) is 0 Å². The summed E-state index contributed by atoms with van der Waals surface area (Å²) in [6, 6.07) is 0. The number of carbonyl (C=O) groups excluding carboxylic acids is 1. The normalized spacial score (nSPS) is 16.6. The summed E-state index contributed by atoms with van der Waals surface area (Å²) >= 11 is 0. The van der Waals surface area contributed by atoms with E-state index in [9.17, 15) is 4.79 Å². The van der Waals surface area contributed by atoms with Gasteiger partial charge in [0, 0.05) is 13.0 Å². The van der Waals surface area contributed by atoms with Gasteiger partial charge in [0.15, 0.2) is 0 Å². The van der Waals surface area contributed by atoms with Crippen molar-refractivity contribution < 1.29 is 14.3 Å². The first-order chi connectivity index (χ1) is 5.34. The molecule has 0 bridgehead atoms. The minimum Gasteiger partial charge on any atom is -0.473 e. The Morgan fingerprint density at radius 3 is 3.18 bits per heavy atom. The molecule has 0 saturated carbocycles. The van der Waals surface area contributed by atoms with E-state index in [1.54, 1.807) is 6.92 Å². The van der Waals surface area contributed by atoms with Crippen LogP contribution >= 0.6 is 0 Å². The molecule has 11 heavy (non-hydrogen) atoms. The molecule has 0 aromatic carbocycles. The lowest BCUT2D eigenvalue weighted by molar-refractivity contribution is -0.136. The fourth-order valence-corrected chi connectivity index (χ4v) is 0.776. The van der Waals surface area contributed by atoms with Gasteiger partial charge in [-0.2, -0.15) is 0 Å². The second-order valence-corrected chi connectivity index (χ2v) is 2.11. The lowest BCUT2D eigenvalue weighted by Crippen LogP contribution is -2.24. The molecule has 0 radical (unpaired) electrons. The molecule has 1 aliphatic rings. The van der Waals surface area contributed by atoms with E-state index in [0.717, 1.165) is 6.42 Å². The van der Waals surface area contributed by atoms with Crippen LogP contribution in [-0.4, -0.2) is 31.6 Å². The van der Waals surface area contributed by atoms with Crippen molar-refractivity contribution in [3.63, 3.8) is 0 Å². The molecule has 0 saturated heterocycles. The Morgan fingerprint density at radius 1 is 1.82 bits per heavy atom. The Balaban J connectivity index is 2.44. The van der Waals surface area contributed by atoms with Crippen molar-refractivity contribution in [1.82, 2.24) is 0 Å². The van der Waals surface area contributed by atoms with Gasteiger partial charge in [0.05, 0.1) is 13.2 Å². The minimum atomic E-state index is -0.452. The Bertz CT molecular complexity index is 177. The molecule has 4 nitrogen and oxygen atoms in total. The molecule has 0 aromatic rings. The van der Waals surface area contributed by atoms with Gasteiger partial charge >= 0.3 is 5.97 Å². The summed E-state index contributed by atoms with van der Waals surface area (Å²) in [5.74, 6) is -0.328. The zero-order valence-corrected chi connectivity index (χ0v) is 6.50.